The molecule has 1 atom stereocenters. The molecule has 0 fully saturated rings. The minimum Gasteiger partial charge on any atom is -0.481 e. The van der Waals surface area contributed by atoms with E-state index in [1.807, 2.05) is 0 Å². The summed E-state index contributed by atoms with van der Waals surface area (Å²) < 4.78 is 25.1. The van der Waals surface area contributed by atoms with Crippen molar-refractivity contribution in [2.24, 2.45) is 0 Å². The van der Waals surface area contributed by atoms with E-state index in [0.29, 0.717) is 5.56 Å². The van der Waals surface area contributed by atoms with E-state index < -0.39 is 33.3 Å². The molecular weight excluding hydrogens is 422 g/mol. The molecular formula is C21H21N3O6S. The van der Waals surface area contributed by atoms with Gasteiger partial charge in [0, 0.05) is 12.3 Å². The molecule has 1 aromatic heterocycles. The number of benzene rings is 2. The van der Waals surface area contributed by atoms with Crippen LogP contribution in [0.5, 0.6) is 0 Å². The van der Waals surface area contributed by atoms with Crippen molar-refractivity contribution in [3.8, 4) is 5.69 Å². The minimum absolute atomic E-state index is 0.0745. The highest BCUT2D eigenvalue weighted by Crippen LogP contribution is 2.22. The van der Waals surface area contributed by atoms with Crippen molar-refractivity contribution >= 4 is 21.7 Å². The van der Waals surface area contributed by atoms with Gasteiger partial charge in [0.25, 0.3) is 11.5 Å². The van der Waals surface area contributed by atoms with Crippen molar-refractivity contribution in [2.75, 3.05) is 6.26 Å². The van der Waals surface area contributed by atoms with Crippen LogP contribution in [0.2, 0.25) is 0 Å². The number of carbonyl (C=O) groups excluding carboxylic acids is 1. The molecule has 0 aliphatic heterocycles. The van der Waals surface area contributed by atoms with E-state index in [-0.39, 0.29) is 22.7 Å². The standard InChI is InChI=1S/C21H21N3O6S/c1-13-7-3-4-8-14(13)15(12-20(26)27)22-21(28)16-11-19(25)24(23-16)17-9-5-6-10-18(17)31(2,29)30/h3-11,15,23H,12H2,1-2H3,(H,22,28)(H,26,27)/t15-/m0/s1. The van der Waals surface area contributed by atoms with E-state index in [0.717, 1.165) is 22.6 Å². The second-order valence-corrected chi connectivity index (χ2v) is 9.05. The first-order chi connectivity index (χ1) is 14.6. The van der Waals surface area contributed by atoms with Gasteiger partial charge < -0.3 is 10.4 Å². The van der Waals surface area contributed by atoms with Crippen molar-refractivity contribution in [1.82, 2.24) is 15.1 Å². The van der Waals surface area contributed by atoms with Crippen LogP contribution in [0, 0.1) is 6.92 Å². The van der Waals surface area contributed by atoms with Crippen LogP contribution in [0.3, 0.4) is 0 Å². The van der Waals surface area contributed by atoms with E-state index in [1.165, 1.54) is 18.2 Å². The first-order valence-electron chi connectivity index (χ1n) is 9.27. The summed E-state index contributed by atoms with van der Waals surface area (Å²) in [4.78, 5) is 36.5. The van der Waals surface area contributed by atoms with Crippen molar-refractivity contribution < 1.29 is 23.1 Å². The smallest absolute Gasteiger partial charge is 0.305 e. The summed E-state index contributed by atoms with van der Waals surface area (Å²) in [5.74, 6) is -1.79. The van der Waals surface area contributed by atoms with Gasteiger partial charge >= 0.3 is 5.97 Å². The molecule has 3 N–H and O–H groups in total. The summed E-state index contributed by atoms with van der Waals surface area (Å²) in [6, 6.07) is 13.2. The molecule has 1 heterocycles. The average Bonchev–Trinajstić information content (AvgIpc) is 3.08. The Labute approximate surface area is 178 Å². The zero-order valence-corrected chi connectivity index (χ0v) is 17.6. The number of nitrogens with zero attached hydrogens (tertiary/aromatic N) is 1. The largest absolute Gasteiger partial charge is 0.481 e. The lowest BCUT2D eigenvalue weighted by molar-refractivity contribution is -0.137. The molecule has 0 aliphatic rings. The number of H-pyrrole nitrogens is 1. The Bertz CT molecular complexity index is 1310. The monoisotopic (exact) mass is 443 g/mol. The third kappa shape index (κ3) is 4.92. The number of aliphatic carboxylic acids is 1. The molecule has 162 valence electrons. The maximum absolute atomic E-state index is 12.8. The van der Waals surface area contributed by atoms with Gasteiger partial charge in [-0.1, -0.05) is 36.4 Å². The fourth-order valence-electron chi connectivity index (χ4n) is 3.27. The van der Waals surface area contributed by atoms with Crippen molar-refractivity contribution in [2.45, 2.75) is 24.3 Å². The SMILES string of the molecule is Cc1ccccc1[C@H](CC(=O)O)NC(=O)c1cc(=O)n(-c2ccccc2S(C)(=O)=O)[nH]1. The number of carboxylic acids is 1. The zero-order chi connectivity index (χ0) is 22.8. The van der Waals surface area contributed by atoms with E-state index in [1.54, 1.807) is 37.3 Å². The predicted octanol–water partition coefficient (Wildman–Crippen LogP) is 1.82. The second-order valence-electron chi connectivity index (χ2n) is 7.06. The number of carbonyl (C=O) groups is 2. The lowest BCUT2D eigenvalue weighted by Crippen LogP contribution is -2.31. The molecule has 0 aliphatic carbocycles. The number of rotatable bonds is 7. The van der Waals surface area contributed by atoms with Gasteiger partial charge in [-0.25, -0.2) is 13.1 Å². The topological polar surface area (TPSA) is 138 Å². The van der Waals surface area contributed by atoms with Gasteiger partial charge in [-0.05, 0) is 30.2 Å². The summed E-state index contributed by atoms with van der Waals surface area (Å²) in [6.07, 6.45) is 0.671. The number of aromatic nitrogens is 2. The summed E-state index contributed by atoms with van der Waals surface area (Å²) in [6.45, 7) is 1.80. The Morgan fingerprint density at radius 1 is 1.13 bits per heavy atom. The van der Waals surface area contributed by atoms with Gasteiger partial charge in [0.2, 0.25) is 0 Å². The van der Waals surface area contributed by atoms with E-state index in [2.05, 4.69) is 10.4 Å². The van der Waals surface area contributed by atoms with Crippen LogP contribution in [0.1, 0.15) is 34.1 Å². The number of aromatic amines is 1. The van der Waals surface area contributed by atoms with Gasteiger partial charge in [-0.3, -0.25) is 19.5 Å². The van der Waals surface area contributed by atoms with E-state index in [4.69, 9.17) is 0 Å². The highest BCUT2D eigenvalue weighted by molar-refractivity contribution is 7.90. The Morgan fingerprint density at radius 2 is 1.77 bits per heavy atom. The van der Waals surface area contributed by atoms with Gasteiger partial charge in [-0.2, -0.15) is 0 Å². The number of nitrogens with one attached hydrogen (secondary N) is 2. The highest BCUT2D eigenvalue weighted by Gasteiger charge is 2.23. The molecule has 1 amide bonds. The Kier molecular flexibility index (Phi) is 6.11. The fraction of sp³-hybridized carbons (Fsp3) is 0.190. The molecule has 0 unspecified atom stereocenters. The number of aryl methyl sites for hydroxylation is 1. The fourth-order valence-corrected chi connectivity index (χ4v) is 4.14. The number of amides is 1. The molecule has 0 saturated carbocycles. The molecule has 10 heteroatoms. The summed E-state index contributed by atoms with van der Waals surface area (Å²) >= 11 is 0. The van der Waals surface area contributed by atoms with Crippen LogP contribution in [-0.4, -0.2) is 41.4 Å². The van der Waals surface area contributed by atoms with Crippen LogP contribution < -0.4 is 10.9 Å². The number of carboxylic acid groups (broad SMARTS) is 1. The Balaban J connectivity index is 1.96. The average molecular weight is 443 g/mol. The minimum atomic E-state index is -3.63. The molecule has 0 bridgehead atoms. The lowest BCUT2D eigenvalue weighted by atomic mass is 9.98. The third-order valence-corrected chi connectivity index (χ3v) is 5.86. The van der Waals surface area contributed by atoms with Crippen LogP contribution in [0.25, 0.3) is 5.69 Å². The molecule has 0 saturated heterocycles. The maximum atomic E-state index is 12.8. The van der Waals surface area contributed by atoms with Gasteiger partial charge in [0.05, 0.1) is 23.0 Å². The maximum Gasteiger partial charge on any atom is 0.305 e. The van der Waals surface area contributed by atoms with Crippen LogP contribution in [-0.2, 0) is 14.6 Å². The summed E-state index contributed by atoms with van der Waals surface area (Å²) in [5.41, 5.74) is 0.767. The molecule has 3 aromatic rings. The van der Waals surface area contributed by atoms with Gasteiger partial charge in [0.1, 0.15) is 5.69 Å². The first kappa shape index (κ1) is 22.0. The zero-order valence-electron chi connectivity index (χ0n) is 16.8. The van der Waals surface area contributed by atoms with Crippen molar-refractivity contribution in [3.63, 3.8) is 0 Å². The quantitative estimate of drug-likeness (QED) is 0.509. The Morgan fingerprint density at radius 3 is 2.42 bits per heavy atom. The van der Waals surface area contributed by atoms with E-state index in [9.17, 15) is 27.9 Å². The van der Waals surface area contributed by atoms with Crippen LogP contribution >= 0.6 is 0 Å². The van der Waals surface area contributed by atoms with E-state index >= 15 is 0 Å². The molecule has 31 heavy (non-hydrogen) atoms. The number of sulfone groups is 1. The Hall–Kier alpha value is -3.66. The normalized spacial score (nSPS) is 12.3. The highest BCUT2D eigenvalue weighted by atomic mass is 32.2. The molecule has 9 nitrogen and oxygen atoms in total. The predicted molar refractivity (Wildman–Crippen MR) is 113 cm³/mol. The van der Waals surface area contributed by atoms with Gasteiger partial charge in [0.15, 0.2) is 9.84 Å². The molecule has 0 radical (unpaired) electrons. The molecule has 3 rings (SSSR count). The van der Waals surface area contributed by atoms with Crippen molar-refractivity contribution in [3.05, 3.63) is 81.8 Å². The number of hydrogen-bond acceptors (Lipinski definition) is 5. The van der Waals surface area contributed by atoms with Crippen LogP contribution in [0.4, 0.5) is 0 Å². The van der Waals surface area contributed by atoms with Gasteiger partial charge in [-0.15, -0.1) is 0 Å². The number of hydrogen-bond donors (Lipinski definition) is 3. The summed E-state index contributed by atoms with van der Waals surface area (Å²) in [7, 11) is -3.63. The van der Waals surface area contributed by atoms with Crippen LogP contribution in [0.15, 0.2) is 64.3 Å². The first-order valence-corrected chi connectivity index (χ1v) is 11.2. The third-order valence-electron chi connectivity index (χ3n) is 4.72. The molecule has 2 aromatic carbocycles. The lowest BCUT2D eigenvalue weighted by Gasteiger charge is -2.19. The van der Waals surface area contributed by atoms with Crippen molar-refractivity contribution in [1.29, 1.82) is 0 Å². The molecule has 0 spiro atoms. The second kappa shape index (κ2) is 8.60. The summed E-state index contributed by atoms with van der Waals surface area (Å²) in [5, 5.41) is 14.5. The number of para-hydroxylation sites is 1.